The van der Waals surface area contributed by atoms with Crippen LogP contribution in [0.1, 0.15) is 37.3 Å². The molecule has 8 heteroatoms. The number of nitrogens with zero attached hydrogens (tertiary/aromatic N) is 2. The van der Waals surface area contributed by atoms with Gasteiger partial charge in [-0.25, -0.2) is 4.39 Å². The molecule has 0 aromatic heterocycles. The predicted molar refractivity (Wildman–Crippen MR) is 124 cm³/mol. The minimum Gasteiger partial charge on any atom is -0.495 e. The fraction of sp³-hybridized carbons (Fsp3) is 0.440. The largest absolute Gasteiger partial charge is 0.495 e. The number of halogens is 1. The van der Waals surface area contributed by atoms with Crippen LogP contribution < -0.4 is 20.5 Å². The molecule has 2 aliphatic rings. The first-order chi connectivity index (χ1) is 16.0. The van der Waals surface area contributed by atoms with Crippen molar-refractivity contribution in [2.24, 2.45) is 5.92 Å². The lowest BCUT2D eigenvalue weighted by Crippen LogP contribution is -2.36. The molecule has 3 atom stereocenters. The van der Waals surface area contributed by atoms with Crippen LogP contribution in [0.2, 0.25) is 0 Å². The van der Waals surface area contributed by atoms with E-state index in [4.69, 9.17) is 4.74 Å². The number of para-hydroxylation sites is 2. The molecular weight excluding hydrogens is 423 g/mol. The smallest absolute Gasteiger partial charge is 0.227 e. The molecule has 3 unspecified atom stereocenters. The fourth-order valence-corrected chi connectivity index (χ4v) is 4.68. The van der Waals surface area contributed by atoms with Gasteiger partial charge >= 0.3 is 0 Å². The molecule has 2 fully saturated rings. The maximum absolute atomic E-state index is 13.1. The number of amides is 2. The van der Waals surface area contributed by atoms with Crippen LogP contribution >= 0.6 is 0 Å². The van der Waals surface area contributed by atoms with Crippen molar-refractivity contribution in [3.63, 3.8) is 0 Å². The summed E-state index contributed by atoms with van der Waals surface area (Å²) in [6.45, 7) is 1.01. The Labute approximate surface area is 193 Å². The van der Waals surface area contributed by atoms with Crippen molar-refractivity contribution >= 4 is 17.5 Å². The average molecular weight is 455 g/mol. The lowest BCUT2D eigenvalue weighted by Gasteiger charge is -2.22. The first kappa shape index (κ1) is 23.2. The zero-order valence-electron chi connectivity index (χ0n) is 19.1. The van der Waals surface area contributed by atoms with Crippen molar-refractivity contribution < 1.29 is 18.7 Å². The highest BCUT2D eigenvalue weighted by Gasteiger charge is 2.37. The van der Waals surface area contributed by atoms with Crippen molar-refractivity contribution in [1.82, 2.24) is 15.8 Å². The van der Waals surface area contributed by atoms with Gasteiger partial charge in [0.2, 0.25) is 11.8 Å². The van der Waals surface area contributed by atoms with Crippen LogP contribution in [0.5, 0.6) is 5.75 Å². The van der Waals surface area contributed by atoms with E-state index in [1.807, 2.05) is 24.3 Å². The SMILES string of the molecule is COc1ccccc1N1CC(C(=O)N(C)CCCC2CC(c3ccc(F)cc3)NN2)CC1=O. The summed E-state index contributed by atoms with van der Waals surface area (Å²) in [5.41, 5.74) is 8.35. The number of carbonyl (C=O) groups is 2. The summed E-state index contributed by atoms with van der Waals surface area (Å²) >= 11 is 0. The summed E-state index contributed by atoms with van der Waals surface area (Å²) in [7, 11) is 3.38. The molecule has 4 rings (SSSR count). The lowest BCUT2D eigenvalue weighted by molar-refractivity contribution is -0.134. The normalized spacial score (nSPS) is 22.6. The highest BCUT2D eigenvalue weighted by molar-refractivity contribution is 6.01. The van der Waals surface area contributed by atoms with E-state index in [-0.39, 0.29) is 42.1 Å². The molecule has 0 bridgehead atoms. The van der Waals surface area contributed by atoms with Gasteiger partial charge < -0.3 is 14.5 Å². The summed E-state index contributed by atoms with van der Waals surface area (Å²) in [6, 6.07) is 14.4. The molecule has 2 amide bonds. The van der Waals surface area contributed by atoms with Gasteiger partial charge in [0.15, 0.2) is 0 Å². The van der Waals surface area contributed by atoms with Gasteiger partial charge in [0.25, 0.3) is 0 Å². The molecule has 2 aromatic carbocycles. The Balaban J connectivity index is 1.24. The molecular formula is C25H31FN4O3. The number of benzene rings is 2. The van der Waals surface area contributed by atoms with E-state index in [9.17, 15) is 14.0 Å². The van der Waals surface area contributed by atoms with Gasteiger partial charge in [-0.15, -0.1) is 0 Å². The maximum atomic E-state index is 13.1. The van der Waals surface area contributed by atoms with Crippen molar-refractivity contribution in [3.8, 4) is 5.75 Å². The van der Waals surface area contributed by atoms with Gasteiger partial charge in [0, 0.05) is 38.6 Å². The van der Waals surface area contributed by atoms with E-state index >= 15 is 0 Å². The lowest BCUT2D eigenvalue weighted by atomic mass is 9.99. The number of hydrogen-bond acceptors (Lipinski definition) is 5. The van der Waals surface area contributed by atoms with Crippen molar-refractivity contribution in [1.29, 1.82) is 0 Å². The second-order valence-corrected chi connectivity index (χ2v) is 8.80. The zero-order valence-corrected chi connectivity index (χ0v) is 19.1. The number of hydrazine groups is 1. The number of carbonyl (C=O) groups excluding carboxylic acids is 2. The van der Waals surface area contributed by atoms with Gasteiger partial charge in [0.05, 0.1) is 18.7 Å². The van der Waals surface area contributed by atoms with Crippen LogP contribution in [0.4, 0.5) is 10.1 Å². The van der Waals surface area contributed by atoms with E-state index < -0.39 is 0 Å². The second-order valence-electron chi connectivity index (χ2n) is 8.80. The predicted octanol–water partition coefficient (Wildman–Crippen LogP) is 3.03. The van der Waals surface area contributed by atoms with Crippen molar-refractivity contribution in [3.05, 3.63) is 59.9 Å². The molecule has 0 radical (unpaired) electrons. The minimum absolute atomic E-state index is 0.00226. The fourth-order valence-electron chi connectivity index (χ4n) is 4.68. The van der Waals surface area contributed by atoms with Gasteiger partial charge in [-0.3, -0.25) is 20.4 Å². The first-order valence-electron chi connectivity index (χ1n) is 11.4. The van der Waals surface area contributed by atoms with E-state index in [0.717, 1.165) is 24.8 Å². The Hall–Kier alpha value is -2.97. The standard InChI is InChI=1S/C25H31FN4O3/c1-29(13-5-6-20-15-21(28-27-20)17-9-11-19(26)12-10-17)25(32)18-14-24(31)30(16-18)22-7-3-4-8-23(22)33-2/h3-4,7-12,18,20-21,27-28H,5-6,13-16H2,1-2H3. The molecule has 2 saturated heterocycles. The van der Waals surface area contributed by atoms with Gasteiger partial charge in [0.1, 0.15) is 11.6 Å². The molecule has 176 valence electrons. The number of rotatable bonds is 8. The van der Waals surface area contributed by atoms with Gasteiger partial charge in [-0.2, -0.15) is 0 Å². The van der Waals surface area contributed by atoms with Crippen LogP contribution in [-0.2, 0) is 9.59 Å². The Bertz CT molecular complexity index is 984. The van der Waals surface area contributed by atoms with E-state index in [0.29, 0.717) is 24.5 Å². The molecule has 7 nitrogen and oxygen atoms in total. The molecule has 0 aliphatic carbocycles. The van der Waals surface area contributed by atoms with Crippen LogP contribution in [-0.4, -0.2) is 50.0 Å². The number of anilines is 1. The van der Waals surface area contributed by atoms with Crippen LogP contribution in [0.25, 0.3) is 0 Å². The minimum atomic E-state index is -0.346. The molecule has 0 saturated carbocycles. The Morgan fingerprint density at radius 1 is 1.18 bits per heavy atom. The van der Waals surface area contributed by atoms with Crippen molar-refractivity contribution in [2.45, 2.75) is 37.8 Å². The Morgan fingerprint density at radius 2 is 1.94 bits per heavy atom. The van der Waals surface area contributed by atoms with Gasteiger partial charge in [-0.1, -0.05) is 24.3 Å². The first-order valence-corrected chi connectivity index (χ1v) is 11.4. The average Bonchev–Trinajstić information content (AvgIpc) is 3.45. The molecule has 2 aliphatic heterocycles. The quantitative estimate of drug-likeness (QED) is 0.642. The Morgan fingerprint density at radius 3 is 2.70 bits per heavy atom. The highest BCUT2D eigenvalue weighted by atomic mass is 19.1. The van der Waals surface area contributed by atoms with Gasteiger partial charge in [-0.05, 0) is 49.1 Å². The summed E-state index contributed by atoms with van der Waals surface area (Å²) in [5.74, 6) is -0.00355. The number of methoxy groups -OCH3 is 1. The van der Waals surface area contributed by atoms with Crippen LogP contribution in [0.15, 0.2) is 48.5 Å². The third-order valence-electron chi connectivity index (χ3n) is 6.53. The third kappa shape index (κ3) is 5.34. The summed E-state index contributed by atoms with van der Waals surface area (Å²) in [4.78, 5) is 29.0. The van der Waals surface area contributed by atoms with Crippen LogP contribution in [0.3, 0.4) is 0 Å². The van der Waals surface area contributed by atoms with Crippen molar-refractivity contribution in [2.75, 3.05) is 32.1 Å². The zero-order chi connectivity index (χ0) is 23.4. The maximum Gasteiger partial charge on any atom is 0.227 e. The number of ether oxygens (including phenoxy) is 1. The topological polar surface area (TPSA) is 73.9 Å². The third-order valence-corrected chi connectivity index (χ3v) is 6.53. The molecule has 0 spiro atoms. The molecule has 2 aromatic rings. The monoisotopic (exact) mass is 454 g/mol. The number of nitrogens with one attached hydrogen (secondary N) is 2. The van der Waals surface area contributed by atoms with E-state index in [1.165, 1.54) is 12.1 Å². The summed E-state index contributed by atoms with van der Waals surface area (Å²) < 4.78 is 18.5. The highest BCUT2D eigenvalue weighted by Crippen LogP contribution is 2.33. The van der Waals surface area contributed by atoms with E-state index in [2.05, 4.69) is 10.9 Å². The Kier molecular flexibility index (Phi) is 7.25. The molecule has 33 heavy (non-hydrogen) atoms. The molecule has 2 heterocycles. The molecule has 2 N–H and O–H groups in total. The summed E-state index contributed by atoms with van der Waals surface area (Å²) in [6.07, 6.45) is 2.90. The van der Waals surface area contributed by atoms with E-state index in [1.54, 1.807) is 36.1 Å². The summed E-state index contributed by atoms with van der Waals surface area (Å²) in [5, 5.41) is 0. The van der Waals surface area contributed by atoms with Crippen LogP contribution in [0, 0.1) is 11.7 Å². The second kappa shape index (κ2) is 10.3. The number of hydrogen-bond donors (Lipinski definition) is 2.